The van der Waals surface area contributed by atoms with Gasteiger partial charge in [0.1, 0.15) is 0 Å². The number of anilines is 1. The SMILES string of the molecule is O=C1Nc2ccc(CN3N=C(c4ccc(Cl)cc4)CSC3=O)cc2C1=Cc1cc(CN2CCOCC2)c[nH]1. The van der Waals surface area contributed by atoms with E-state index in [4.69, 9.17) is 16.3 Å². The van der Waals surface area contributed by atoms with Crippen molar-refractivity contribution in [3.8, 4) is 0 Å². The van der Waals surface area contributed by atoms with Crippen LogP contribution in [-0.2, 0) is 22.6 Å². The summed E-state index contributed by atoms with van der Waals surface area (Å²) in [7, 11) is 0. The molecule has 194 valence electrons. The highest BCUT2D eigenvalue weighted by Gasteiger charge is 2.27. The number of hydrogen-bond acceptors (Lipinski definition) is 6. The number of rotatable bonds is 6. The Balaban J connectivity index is 1.21. The number of nitrogens with zero attached hydrogens (tertiary/aromatic N) is 3. The van der Waals surface area contributed by atoms with Crippen molar-refractivity contribution in [3.63, 3.8) is 0 Å². The van der Waals surface area contributed by atoms with Gasteiger partial charge in [0.05, 0.1) is 31.0 Å². The number of amides is 2. The highest BCUT2D eigenvalue weighted by atomic mass is 35.5. The zero-order valence-electron chi connectivity index (χ0n) is 20.6. The van der Waals surface area contributed by atoms with Crippen LogP contribution in [0, 0.1) is 0 Å². The van der Waals surface area contributed by atoms with E-state index >= 15 is 0 Å². The molecular weight excluding hydrogens is 522 g/mol. The first-order chi connectivity index (χ1) is 18.5. The van der Waals surface area contributed by atoms with Crippen LogP contribution in [0.15, 0.2) is 59.8 Å². The van der Waals surface area contributed by atoms with Crippen LogP contribution >= 0.6 is 23.4 Å². The minimum Gasteiger partial charge on any atom is -0.379 e. The van der Waals surface area contributed by atoms with E-state index in [1.165, 1.54) is 22.3 Å². The van der Waals surface area contributed by atoms with Crippen LogP contribution in [0.4, 0.5) is 10.5 Å². The lowest BCUT2D eigenvalue weighted by Gasteiger charge is -2.25. The number of thioether (sulfide) groups is 1. The van der Waals surface area contributed by atoms with Gasteiger partial charge < -0.3 is 15.0 Å². The Morgan fingerprint density at radius 2 is 1.84 bits per heavy atom. The highest BCUT2D eigenvalue weighted by Crippen LogP contribution is 2.34. The van der Waals surface area contributed by atoms with Gasteiger partial charge in [-0.15, -0.1) is 0 Å². The zero-order chi connectivity index (χ0) is 26.1. The summed E-state index contributed by atoms with van der Waals surface area (Å²) < 4.78 is 5.43. The number of aromatic amines is 1. The molecule has 0 radical (unpaired) electrons. The van der Waals surface area contributed by atoms with Crippen LogP contribution in [0.5, 0.6) is 0 Å². The van der Waals surface area contributed by atoms with E-state index in [2.05, 4.69) is 26.4 Å². The number of fused-ring (bicyclic) bond motifs is 1. The van der Waals surface area contributed by atoms with Gasteiger partial charge in [-0.3, -0.25) is 14.5 Å². The summed E-state index contributed by atoms with van der Waals surface area (Å²) in [6.07, 6.45) is 3.87. The van der Waals surface area contributed by atoms with Gasteiger partial charge in [-0.25, -0.2) is 5.01 Å². The van der Waals surface area contributed by atoms with Crippen molar-refractivity contribution in [1.82, 2.24) is 14.9 Å². The Labute approximate surface area is 229 Å². The summed E-state index contributed by atoms with van der Waals surface area (Å²) in [5, 5.41) is 9.61. The fraction of sp³-hybridized carbons (Fsp3) is 0.250. The van der Waals surface area contributed by atoms with Gasteiger partial charge in [-0.2, -0.15) is 5.10 Å². The lowest BCUT2D eigenvalue weighted by molar-refractivity contribution is -0.110. The number of halogens is 1. The molecule has 0 spiro atoms. The molecule has 2 aromatic carbocycles. The van der Waals surface area contributed by atoms with Crippen LogP contribution in [0.1, 0.15) is 27.9 Å². The molecule has 0 aliphatic carbocycles. The number of hydrogen-bond donors (Lipinski definition) is 2. The maximum absolute atomic E-state index is 12.8. The molecule has 3 aliphatic heterocycles. The summed E-state index contributed by atoms with van der Waals surface area (Å²) >= 11 is 7.24. The molecule has 38 heavy (non-hydrogen) atoms. The molecule has 0 atom stereocenters. The van der Waals surface area contributed by atoms with Crippen molar-refractivity contribution in [2.45, 2.75) is 13.1 Å². The molecule has 8 nitrogen and oxygen atoms in total. The van der Waals surface area contributed by atoms with Crippen molar-refractivity contribution < 1.29 is 14.3 Å². The first kappa shape index (κ1) is 24.9. The van der Waals surface area contributed by atoms with Crippen molar-refractivity contribution in [3.05, 3.63) is 87.7 Å². The standard InChI is InChI=1S/C28H26ClN5O3S/c29-21-4-2-20(3-5-21)26-17-38-28(36)34(32-26)16-18-1-6-25-23(12-18)24(27(35)31-25)13-22-11-19(14-30-22)15-33-7-9-37-10-8-33/h1-6,11-14,30H,7-10,15-17H2,(H,31,35). The molecule has 1 saturated heterocycles. The maximum atomic E-state index is 12.8. The van der Waals surface area contributed by atoms with Crippen molar-refractivity contribution >= 4 is 57.6 Å². The van der Waals surface area contributed by atoms with Gasteiger partial charge >= 0.3 is 5.24 Å². The molecule has 4 heterocycles. The van der Waals surface area contributed by atoms with E-state index in [1.807, 2.05) is 54.7 Å². The second-order valence-corrected chi connectivity index (χ2v) is 10.8. The van der Waals surface area contributed by atoms with Crippen LogP contribution in [0.2, 0.25) is 5.02 Å². The number of H-pyrrole nitrogens is 1. The lowest BCUT2D eigenvalue weighted by atomic mass is 10.0. The molecule has 0 saturated carbocycles. The van der Waals surface area contributed by atoms with Gasteiger partial charge in [-0.1, -0.05) is 41.6 Å². The summed E-state index contributed by atoms with van der Waals surface area (Å²) in [5.41, 5.74) is 6.85. The predicted octanol–water partition coefficient (Wildman–Crippen LogP) is 5.07. The van der Waals surface area contributed by atoms with Crippen molar-refractivity contribution in [2.75, 3.05) is 37.4 Å². The number of carbonyl (C=O) groups is 2. The summed E-state index contributed by atoms with van der Waals surface area (Å²) in [6, 6.07) is 15.3. The molecular formula is C28H26ClN5O3S. The topological polar surface area (TPSA) is 90.0 Å². The second kappa shape index (κ2) is 10.8. The van der Waals surface area contributed by atoms with Crippen LogP contribution in [0.25, 0.3) is 11.6 Å². The summed E-state index contributed by atoms with van der Waals surface area (Å²) in [6.45, 7) is 4.51. The monoisotopic (exact) mass is 547 g/mol. The second-order valence-electron chi connectivity index (χ2n) is 9.41. The third-order valence-corrected chi connectivity index (χ3v) is 7.86. The molecule has 2 amide bonds. The first-order valence-corrected chi connectivity index (χ1v) is 13.8. The lowest BCUT2D eigenvalue weighted by Crippen LogP contribution is -2.35. The minimum absolute atomic E-state index is 0.104. The molecule has 1 aromatic heterocycles. The van der Waals surface area contributed by atoms with Crippen molar-refractivity contribution in [1.29, 1.82) is 0 Å². The number of ether oxygens (including phenoxy) is 1. The van der Waals surface area contributed by atoms with Gasteiger partial charge in [0.2, 0.25) is 0 Å². The number of morpholine rings is 1. The van der Waals surface area contributed by atoms with E-state index in [1.54, 1.807) is 0 Å². The minimum atomic E-state index is -0.144. The van der Waals surface area contributed by atoms with E-state index < -0.39 is 0 Å². The number of nitrogens with one attached hydrogen (secondary N) is 2. The fourth-order valence-corrected chi connectivity index (χ4v) is 5.62. The molecule has 1 fully saturated rings. The molecule has 10 heteroatoms. The van der Waals surface area contributed by atoms with Gasteiger partial charge in [0.25, 0.3) is 5.91 Å². The van der Waals surface area contributed by atoms with E-state index in [0.717, 1.165) is 66.6 Å². The van der Waals surface area contributed by atoms with Gasteiger partial charge in [-0.05, 0) is 53.1 Å². The summed E-state index contributed by atoms with van der Waals surface area (Å²) in [5.74, 6) is 0.366. The number of aromatic nitrogens is 1. The smallest absolute Gasteiger partial charge is 0.302 e. The zero-order valence-corrected chi connectivity index (χ0v) is 22.1. The normalized spacial score (nSPS) is 19.0. The Bertz CT molecular complexity index is 1440. The number of benzene rings is 2. The highest BCUT2D eigenvalue weighted by molar-refractivity contribution is 8.14. The Morgan fingerprint density at radius 1 is 1.03 bits per heavy atom. The first-order valence-electron chi connectivity index (χ1n) is 12.4. The molecule has 2 N–H and O–H groups in total. The molecule has 3 aromatic rings. The predicted molar refractivity (Wildman–Crippen MR) is 151 cm³/mol. The van der Waals surface area contributed by atoms with Gasteiger partial charge in [0.15, 0.2) is 0 Å². The Hall–Kier alpha value is -3.37. The third kappa shape index (κ3) is 5.42. The van der Waals surface area contributed by atoms with E-state index in [9.17, 15) is 9.59 Å². The molecule has 0 unspecified atom stereocenters. The van der Waals surface area contributed by atoms with Gasteiger partial charge in [0, 0.05) is 53.6 Å². The van der Waals surface area contributed by atoms with Crippen LogP contribution < -0.4 is 5.32 Å². The van der Waals surface area contributed by atoms with Crippen molar-refractivity contribution in [2.24, 2.45) is 5.10 Å². The largest absolute Gasteiger partial charge is 0.379 e. The Kier molecular flexibility index (Phi) is 7.08. The number of hydrazone groups is 1. The average Bonchev–Trinajstić information content (AvgIpc) is 3.50. The Morgan fingerprint density at radius 3 is 2.66 bits per heavy atom. The summed E-state index contributed by atoms with van der Waals surface area (Å²) in [4.78, 5) is 31.1. The average molecular weight is 548 g/mol. The molecule has 0 bridgehead atoms. The van der Waals surface area contributed by atoms with Crippen LogP contribution in [0.3, 0.4) is 0 Å². The molecule has 3 aliphatic rings. The fourth-order valence-electron chi connectivity index (χ4n) is 4.76. The molecule has 6 rings (SSSR count). The van der Waals surface area contributed by atoms with E-state index in [0.29, 0.717) is 22.9 Å². The van der Waals surface area contributed by atoms with E-state index in [-0.39, 0.29) is 11.1 Å². The maximum Gasteiger partial charge on any atom is 0.302 e. The quantitative estimate of drug-likeness (QED) is 0.421. The van der Waals surface area contributed by atoms with Crippen LogP contribution in [-0.4, -0.2) is 63.8 Å². The third-order valence-electron chi connectivity index (χ3n) is 6.74. The number of carbonyl (C=O) groups excluding carboxylic acids is 2.